The number of methoxy groups -OCH3 is 1. The maximum atomic E-state index is 12.1. The van der Waals surface area contributed by atoms with E-state index in [1.165, 1.54) is 10.6 Å². The summed E-state index contributed by atoms with van der Waals surface area (Å²) >= 11 is 0. The number of rotatable bonds is 3. The minimum Gasteiger partial charge on any atom is -0.507 e. The molecule has 0 atom stereocenters. The van der Waals surface area contributed by atoms with Crippen LogP contribution in [0.15, 0.2) is 53.5 Å². The summed E-state index contributed by atoms with van der Waals surface area (Å²) in [5.74, 6) is 0.717. The minimum absolute atomic E-state index is 0.0471. The molecular weight excluding hydrogens is 268 g/mol. The van der Waals surface area contributed by atoms with Crippen LogP contribution in [-0.2, 0) is 6.54 Å². The van der Waals surface area contributed by atoms with E-state index in [2.05, 4.69) is 4.98 Å². The Hall–Kier alpha value is -2.82. The Morgan fingerprint density at radius 1 is 1.24 bits per heavy atom. The molecule has 0 aliphatic heterocycles. The average molecular weight is 282 g/mol. The number of pyridine rings is 2. The van der Waals surface area contributed by atoms with E-state index in [9.17, 15) is 9.90 Å². The first-order valence-corrected chi connectivity index (χ1v) is 6.49. The van der Waals surface area contributed by atoms with Crippen LogP contribution >= 0.6 is 0 Å². The van der Waals surface area contributed by atoms with Gasteiger partial charge in [-0.1, -0.05) is 12.1 Å². The summed E-state index contributed by atoms with van der Waals surface area (Å²) in [7, 11) is 1.61. The predicted octanol–water partition coefficient (Wildman–Crippen LogP) is 2.16. The molecule has 5 heteroatoms. The molecule has 0 aliphatic carbocycles. The topological polar surface area (TPSA) is 64.3 Å². The van der Waals surface area contributed by atoms with Crippen molar-refractivity contribution in [2.45, 2.75) is 6.54 Å². The van der Waals surface area contributed by atoms with Gasteiger partial charge in [0.05, 0.1) is 19.0 Å². The molecule has 3 rings (SSSR count). The summed E-state index contributed by atoms with van der Waals surface area (Å²) in [5.41, 5.74) is 1.14. The van der Waals surface area contributed by atoms with E-state index < -0.39 is 0 Å². The second-order valence-corrected chi connectivity index (χ2v) is 4.68. The Balaban J connectivity index is 2.09. The molecule has 0 spiro atoms. The van der Waals surface area contributed by atoms with Gasteiger partial charge in [0, 0.05) is 12.3 Å². The maximum Gasteiger partial charge on any atom is 0.256 e. The van der Waals surface area contributed by atoms with Crippen LogP contribution in [0.3, 0.4) is 0 Å². The van der Waals surface area contributed by atoms with Gasteiger partial charge in [-0.05, 0) is 29.8 Å². The lowest BCUT2D eigenvalue weighted by atomic mass is 10.2. The van der Waals surface area contributed by atoms with Crippen molar-refractivity contribution in [3.05, 3.63) is 64.6 Å². The third kappa shape index (κ3) is 2.45. The largest absolute Gasteiger partial charge is 0.507 e. The smallest absolute Gasteiger partial charge is 0.256 e. The Morgan fingerprint density at radius 3 is 2.71 bits per heavy atom. The Morgan fingerprint density at radius 2 is 2.00 bits per heavy atom. The summed E-state index contributed by atoms with van der Waals surface area (Å²) in [6.45, 7) is 0.386. The van der Waals surface area contributed by atoms with E-state index in [0.717, 1.165) is 11.3 Å². The van der Waals surface area contributed by atoms with Gasteiger partial charge in [0.15, 0.2) is 0 Å². The first-order chi connectivity index (χ1) is 10.2. The highest BCUT2D eigenvalue weighted by molar-refractivity contribution is 5.81. The molecule has 21 heavy (non-hydrogen) atoms. The fourth-order valence-electron chi connectivity index (χ4n) is 2.26. The third-order valence-corrected chi connectivity index (χ3v) is 3.34. The number of benzene rings is 1. The Bertz CT molecular complexity index is 838. The molecular formula is C16H14N2O3. The molecule has 0 saturated carbocycles. The molecule has 0 unspecified atom stereocenters. The molecule has 5 nitrogen and oxygen atoms in total. The van der Waals surface area contributed by atoms with E-state index in [0.29, 0.717) is 17.6 Å². The first-order valence-electron chi connectivity index (χ1n) is 6.49. The fraction of sp³-hybridized carbons (Fsp3) is 0.125. The third-order valence-electron chi connectivity index (χ3n) is 3.34. The van der Waals surface area contributed by atoms with Gasteiger partial charge in [0.1, 0.15) is 17.1 Å². The zero-order chi connectivity index (χ0) is 14.8. The lowest BCUT2D eigenvalue weighted by molar-refractivity contribution is 0.414. The lowest BCUT2D eigenvalue weighted by Gasteiger charge is -2.10. The molecule has 0 amide bonds. The Labute approximate surface area is 121 Å². The van der Waals surface area contributed by atoms with Crippen molar-refractivity contribution >= 4 is 11.0 Å². The standard InChI is InChI=1S/C16H14N2O3/c1-21-12-6-4-11(5-7-12)10-18-15(20)9-14(19)13-3-2-8-17-16(13)18/h2-9,19H,10H2,1H3. The molecule has 0 bridgehead atoms. The molecule has 0 aliphatic rings. The van der Waals surface area contributed by atoms with Crippen molar-refractivity contribution < 1.29 is 9.84 Å². The van der Waals surface area contributed by atoms with Gasteiger partial charge in [-0.2, -0.15) is 0 Å². The molecule has 3 aromatic rings. The van der Waals surface area contributed by atoms with Gasteiger partial charge < -0.3 is 9.84 Å². The maximum absolute atomic E-state index is 12.1. The normalized spacial score (nSPS) is 10.7. The van der Waals surface area contributed by atoms with Gasteiger partial charge in [-0.3, -0.25) is 9.36 Å². The van der Waals surface area contributed by atoms with Crippen LogP contribution in [0.4, 0.5) is 0 Å². The number of fused-ring (bicyclic) bond motifs is 1. The molecule has 2 heterocycles. The number of aromatic hydroxyl groups is 1. The average Bonchev–Trinajstić information content (AvgIpc) is 2.52. The van der Waals surface area contributed by atoms with Gasteiger partial charge in [0.25, 0.3) is 5.56 Å². The molecule has 1 aromatic carbocycles. The first kappa shape index (κ1) is 13.2. The highest BCUT2D eigenvalue weighted by Gasteiger charge is 2.09. The van der Waals surface area contributed by atoms with Crippen molar-refractivity contribution in [1.82, 2.24) is 9.55 Å². The number of aromatic nitrogens is 2. The van der Waals surface area contributed by atoms with Crippen LogP contribution in [-0.4, -0.2) is 21.8 Å². The highest BCUT2D eigenvalue weighted by atomic mass is 16.5. The van der Waals surface area contributed by atoms with Crippen molar-refractivity contribution in [1.29, 1.82) is 0 Å². The molecule has 1 N–H and O–H groups in total. The highest BCUT2D eigenvalue weighted by Crippen LogP contribution is 2.21. The number of hydrogen-bond donors (Lipinski definition) is 1. The summed E-state index contributed by atoms with van der Waals surface area (Å²) in [5, 5.41) is 10.4. The molecule has 0 radical (unpaired) electrons. The number of nitrogens with zero attached hydrogens (tertiary/aromatic N) is 2. The Kier molecular flexibility index (Phi) is 3.31. The van der Waals surface area contributed by atoms with Crippen LogP contribution in [0, 0.1) is 0 Å². The zero-order valence-corrected chi connectivity index (χ0v) is 11.5. The van der Waals surface area contributed by atoms with Gasteiger partial charge in [-0.25, -0.2) is 4.98 Å². The number of ether oxygens (including phenoxy) is 1. The second kappa shape index (κ2) is 5.28. The lowest BCUT2D eigenvalue weighted by Crippen LogP contribution is -2.20. The van der Waals surface area contributed by atoms with Crippen LogP contribution in [0.1, 0.15) is 5.56 Å². The van der Waals surface area contributed by atoms with E-state index in [-0.39, 0.29) is 11.3 Å². The van der Waals surface area contributed by atoms with Gasteiger partial charge in [0.2, 0.25) is 0 Å². The predicted molar refractivity (Wildman–Crippen MR) is 79.8 cm³/mol. The summed E-state index contributed by atoms with van der Waals surface area (Å²) in [6.07, 6.45) is 1.60. The fourth-order valence-corrected chi connectivity index (χ4v) is 2.26. The number of hydrogen-bond acceptors (Lipinski definition) is 4. The van der Waals surface area contributed by atoms with Gasteiger partial charge >= 0.3 is 0 Å². The zero-order valence-electron chi connectivity index (χ0n) is 11.5. The van der Waals surface area contributed by atoms with E-state index in [1.54, 1.807) is 25.4 Å². The van der Waals surface area contributed by atoms with E-state index in [1.807, 2.05) is 24.3 Å². The van der Waals surface area contributed by atoms with Gasteiger partial charge in [-0.15, -0.1) is 0 Å². The summed E-state index contributed by atoms with van der Waals surface area (Å²) in [6, 6.07) is 12.2. The molecule has 0 fully saturated rings. The van der Waals surface area contributed by atoms with Crippen LogP contribution in [0.25, 0.3) is 11.0 Å². The second-order valence-electron chi connectivity index (χ2n) is 4.68. The van der Waals surface area contributed by atoms with Crippen molar-refractivity contribution in [2.75, 3.05) is 7.11 Å². The SMILES string of the molecule is COc1ccc(Cn2c(=O)cc(O)c3cccnc32)cc1. The summed E-state index contributed by atoms with van der Waals surface area (Å²) in [4.78, 5) is 16.3. The van der Waals surface area contributed by atoms with Crippen molar-refractivity contribution in [2.24, 2.45) is 0 Å². The molecule has 2 aromatic heterocycles. The van der Waals surface area contributed by atoms with Crippen LogP contribution in [0.5, 0.6) is 11.5 Å². The monoisotopic (exact) mass is 282 g/mol. The van der Waals surface area contributed by atoms with E-state index in [4.69, 9.17) is 4.74 Å². The summed E-state index contributed by atoms with van der Waals surface area (Å²) < 4.78 is 6.65. The van der Waals surface area contributed by atoms with Crippen molar-refractivity contribution in [3.8, 4) is 11.5 Å². The van der Waals surface area contributed by atoms with Crippen molar-refractivity contribution in [3.63, 3.8) is 0 Å². The van der Waals surface area contributed by atoms with E-state index >= 15 is 0 Å². The minimum atomic E-state index is -0.283. The van der Waals surface area contributed by atoms with Crippen LogP contribution in [0.2, 0.25) is 0 Å². The van der Waals surface area contributed by atoms with Crippen LogP contribution < -0.4 is 10.3 Å². The molecule has 0 saturated heterocycles. The molecule has 106 valence electrons. The quantitative estimate of drug-likeness (QED) is 0.799.